The van der Waals surface area contributed by atoms with Crippen LogP contribution >= 0.6 is 0 Å². The van der Waals surface area contributed by atoms with Crippen LogP contribution in [0.5, 0.6) is 0 Å². The van der Waals surface area contributed by atoms with Gasteiger partial charge >= 0.3 is 5.97 Å². The van der Waals surface area contributed by atoms with Crippen LogP contribution in [-0.2, 0) is 14.6 Å². The van der Waals surface area contributed by atoms with Crippen LogP contribution < -0.4 is 0 Å². The fraction of sp³-hybridized carbons (Fsp3) is 0.857. The summed E-state index contributed by atoms with van der Waals surface area (Å²) < 4.78 is 4.69. The average molecular weight is 145 g/mol. The van der Waals surface area contributed by atoms with Gasteiger partial charge in [0.25, 0.3) is 0 Å². The molecular weight excluding hydrogens is 132 g/mol. The summed E-state index contributed by atoms with van der Waals surface area (Å²) in [5.74, 6) is -0.272. The molecule has 0 saturated carbocycles. The van der Waals surface area contributed by atoms with Crippen molar-refractivity contribution in [1.29, 1.82) is 0 Å². The minimum atomic E-state index is -0.473. The topological polar surface area (TPSA) is 46.2 Å². The molecule has 0 rings (SSSR count). The number of hydrogen-bond donors (Lipinski definition) is 0. The molecule has 0 N–H and O–H groups in total. The third-order valence-corrected chi connectivity index (χ3v) is 1.02. The standard InChI is InChI=1S/C7H13O3/c1-3-4-7(9)10-6(2)5-8/h6H,3-5H2,1-2H3. The second-order valence-corrected chi connectivity index (χ2v) is 2.22. The van der Waals surface area contributed by atoms with Crippen molar-refractivity contribution in [2.45, 2.75) is 32.8 Å². The Balaban J connectivity index is 3.37. The summed E-state index contributed by atoms with van der Waals surface area (Å²) in [5, 5.41) is 10.1. The van der Waals surface area contributed by atoms with Gasteiger partial charge in [0.15, 0.2) is 0 Å². The Bertz CT molecular complexity index is 101. The molecule has 3 nitrogen and oxygen atoms in total. The lowest BCUT2D eigenvalue weighted by molar-refractivity contribution is -0.151. The molecule has 59 valence electrons. The summed E-state index contributed by atoms with van der Waals surface area (Å²) in [6.45, 7) is 3.14. The van der Waals surface area contributed by atoms with Crippen LogP contribution in [0.3, 0.4) is 0 Å². The highest BCUT2D eigenvalue weighted by Gasteiger charge is 2.06. The Kier molecular flexibility index (Phi) is 4.94. The lowest BCUT2D eigenvalue weighted by Gasteiger charge is -2.07. The summed E-state index contributed by atoms with van der Waals surface area (Å²) >= 11 is 0. The molecule has 0 aliphatic rings. The molecule has 0 bridgehead atoms. The van der Waals surface area contributed by atoms with E-state index in [1.54, 1.807) is 6.92 Å². The number of hydrogen-bond acceptors (Lipinski definition) is 2. The molecule has 0 aromatic carbocycles. The third kappa shape index (κ3) is 4.32. The zero-order valence-corrected chi connectivity index (χ0v) is 6.42. The second kappa shape index (κ2) is 5.23. The molecule has 0 spiro atoms. The van der Waals surface area contributed by atoms with Gasteiger partial charge in [0.2, 0.25) is 0 Å². The second-order valence-electron chi connectivity index (χ2n) is 2.22. The van der Waals surface area contributed by atoms with E-state index in [2.05, 4.69) is 4.74 Å². The van der Waals surface area contributed by atoms with Crippen LogP contribution in [0, 0.1) is 0 Å². The fourth-order valence-electron chi connectivity index (χ4n) is 0.521. The van der Waals surface area contributed by atoms with E-state index in [1.807, 2.05) is 6.92 Å². The Morgan fingerprint density at radius 3 is 2.60 bits per heavy atom. The molecule has 1 unspecified atom stereocenters. The average Bonchev–Trinajstić information content (AvgIpc) is 1.88. The maximum absolute atomic E-state index is 10.7. The van der Waals surface area contributed by atoms with Gasteiger partial charge < -0.3 is 4.74 Å². The Morgan fingerprint density at radius 1 is 1.60 bits per heavy atom. The molecule has 10 heavy (non-hydrogen) atoms. The van der Waals surface area contributed by atoms with Gasteiger partial charge in [-0.05, 0) is 13.3 Å². The fourth-order valence-corrected chi connectivity index (χ4v) is 0.521. The number of rotatable bonds is 4. The highest BCUT2D eigenvalue weighted by molar-refractivity contribution is 5.69. The van der Waals surface area contributed by atoms with E-state index in [4.69, 9.17) is 0 Å². The highest BCUT2D eigenvalue weighted by Crippen LogP contribution is 1.95. The van der Waals surface area contributed by atoms with Gasteiger partial charge in [-0.3, -0.25) is 4.79 Å². The number of ether oxygens (including phenoxy) is 1. The summed E-state index contributed by atoms with van der Waals surface area (Å²) in [6.07, 6.45) is 0.702. The molecule has 0 aromatic heterocycles. The predicted molar refractivity (Wildman–Crippen MR) is 36.0 cm³/mol. The smallest absolute Gasteiger partial charge is 0.306 e. The van der Waals surface area contributed by atoms with Gasteiger partial charge in [0.1, 0.15) is 12.7 Å². The van der Waals surface area contributed by atoms with E-state index in [-0.39, 0.29) is 12.6 Å². The molecule has 0 heterocycles. The van der Waals surface area contributed by atoms with E-state index in [0.717, 1.165) is 6.42 Å². The quantitative estimate of drug-likeness (QED) is 0.557. The minimum absolute atomic E-state index is 0.272. The largest absolute Gasteiger partial charge is 0.460 e. The van der Waals surface area contributed by atoms with Crippen molar-refractivity contribution in [2.75, 3.05) is 6.61 Å². The van der Waals surface area contributed by atoms with Gasteiger partial charge in [-0.25, -0.2) is 5.11 Å². The van der Waals surface area contributed by atoms with Crippen LogP contribution in [0.1, 0.15) is 26.7 Å². The zero-order valence-electron chi connectivity index (χ0n) is 6.42. The van der Waals surface area contributed by atoms with E-state index in [0.29, 0.717) is 6.42 Å². The highest BCUT2D eigenvalue weighted by atomic mass is 16.5. The van der Waals surface area contributed by atoms with E-state index >= 15 is 0 Å². The zero-order chi connectivity index (χ0) is 7.98. The molecular formula is C7H13O3. The van der Waals surface area contributed by atoms with Crippen molar-refractivity contribution in [3.05, 3.63) is 0 Å². The van der Waals surface area contributed by atoms with E-state index in [9.17, 15) is 9.90 Å². The van der Waals surface area contributed by atoms with E-state index < -0.39 is 6.10 Å². The molecule has 0 aromatic rings. The first-order valence-electron chi connectivity index (χ1n) is 3.48. The van der Waals surface area contributed by atoms with Crippen molar-refractivity contribution in [3.8, 4) is 0 Å². The van der Waals surface area contributed by atoms with Gasteiger partial charge in [-0.2, -0.15) is 0 Å². The molecule has 3 heteroatoms. The van der Waals surface area contributed by atoms with Crippen molar-refractivity contribution in [2.24, 2.45) is 0 Å². The molecule has 1 atom stereocenters. The first-order chi connectivity index (χ1) is 4.70. The summed E-state index contributed by atoms with van der Waals surface area (Å²) in [5.41, 5.74) is 0. The first-order valence-corrected chi connectivity index (χ1v) is 3.48. The van der Waals surface area contributed by atoms with Crippen molar-refractivity contribution in [1.82, 2.24) is 0 Å². The van der Waals surface area contributed by atoms with Gasteiger partial charge in [0, 0.05) is 6.42 Å². The molecule has 0 amide bonds. The monoisotopic (exact) mass is 145 g/mol. The third-order valence-electron chi connectivity index (χ3n) is 1.02. The summed E-state index contributed by atoms with van der Waals surface area (Å²) in [4.78, 5) is 10.7. The van der Waals surface area contributed by atoms with Crippen molar-refractivity contribution < 1.29 is 14.6 Å². The normalized spacial score (nSPS) is 12.7. The SMILES string of the molecule is CCCC(=O)OC(C)C[O]. The first kappa shape index (κ1) is 9.43. The maximum Gasteiger partial charge on any atom is 0.306 e. The minimum Gasteiger partial charge on any atom is -0.460 e. The van der Waals surface area contributed by atoms with Crippen molar-refractivity contribution in [3.63, 3.8) is 0 Å². The Labute approximate surface area is 61.0 Å². The number of carbonyl (C=O) groups excluding carboxylic acids is 1. The Hall–Kier alpha value is -0.570. The molecule has 1 radical (unpaired) electrons. The Morgan fingerprint density at radius 2 is 2.20 bits per heavy atom. The van der Waals surface area contributed by atoms with Gasteiger partial charge in [0.05, 0.1) is 0 Å². The lowest BCUT2D eigenvalue weighted by Crippen LogP contribution is -2.17. The summed E-state index contributed by atoms with van der Waals surface area (Å²) in [6, 6.07) is 0. The number of carbonyl (C=O) groups is 1. The van der Waals surface area contributed by atoms with Crippen LogP contribution in [-0.4, -0.2) is 18.7 Å². The van der Waals surface area contributed by atoms with Crippen LogP contribution in [0.15, 0.2) is 0 Å². The van der Waals surface area contributed by atoms with Gasteiger partial charge in [-0.15, -0.1) is 0 Å². The van der Waals surface area contributed by atoms with Crippen LogP contribution in [0.2, 0.25) is 0 Å². The number of esters is 1. The molecule has 0 fully saturated rings. The van der Waals surface area contributed by atoms with Gasteiger partial charge in [-0.1, -0.05) is 6.92 Å². The van der Waals surface area contributed by atoms with Crippen molar-refractivity contribution >= 4 is 5.97 Å². The van der Waals surface area contributed by atoms with E-state index in [1.165, 1.54) is 0 Å². The van der Waals surface area contributed by atoms with Crippen LogP contribution in [0.4, 0.5) is 0 Å². The molecule has 0 saturated heterocycles. The summed E-state index contributed by atoms with van der Waals surface area (Å²) in [7, 11) is 0. The molecule has 0 aliphatic carbocycles. The maximum atomic E-state index is 10.7. The van der Waals surface area contributed by atoms with Crippen LogP contribution in [0.25, 0.3) is 0 Å². The predicted octanol–water partition coefficient (Wildman–Crippen LogP) is 1.15. The lowest BCUT2D eigenvalue weighted by atomic mass is 10.3. The molecule has 0 aliphatic heterocycles.